The van der Waals surface area contributed by atoms with Crippen molar-refractivity contribution in [1.82, 2.24) is 4.90 Å². The minimum Gasteiger partial charge on any atom is -0.463 e. The lowest BCUT2D eigenvalue weighted by Gasteiger charge is -2.36. The fraction of sp³-hybridized carbons (Fsp3) is 0.385. The number of nitriles is 1. The van der Waals surface area contributed by atoms with E-state index in [1.165, 1.54) is 0 Å². The van der Waals surface area contributed by atoms with Crippen molar-refractivity contribution in [3.63, 3.8) is 0 Å². The maximum absolute atomic E-state index is 11.3. The van der Waals surface area contributed by atoms with Crippen LogP contribution in [0.1, 0.15) is 18.5 Å². The number of morpholine rings is 1. The number of hydrogen-bond donors (Lipinski definition) is 0. The van der Waals surface area contributed by atoms with Gasteiger partial charge in [0.2, 0.25) is 0 Å². The number of carbonyl (C=O) groups excluding carboxylic acids is 1. The zero-order chi connectivity index (χ0) is 12.3. The minimum absolute atomic E-state index is 0.0245. The maximum Gasteiger partial charge on any atom is 0.320 e. The zero-order valence-corrected chi connectivity index (χ0v) is 9.67. The monoisotopic (exact) mass is 230 g/mol. The normalized spacial score (nSPS) is 22.6. The van der Waals surface area contributed by atoms with E-state index in [4.69, 9.17) is 10.00 Å². The molecule has 1 fully saturated rings. The number of rotatable bonds is 2. The van der Waals surface area contributed by atoms with Crippen molar-refractivity contribution in [1.29, 1.82) is 5.26 Å². The van der Waals surface area contributed by atoms with E-state index in [1.54, 1.807) is 6.92 Å². The van der Waals surface area contributed by atoms with Gasteiger partial charge in [0.1, 0.15) is 6.61 Å². The first kappa shape index (κ1) is 11.6. The second kappa shape index (κ2) is 4.98. The Kier molecular flexibility index (Phi) is 3.40. The summed E-state index contributed by atoms with van der Waals surface area (Å²) in [6.45, 7) is 2.29. The van der Waals surface area contributed by atoms with Gasteiger partial charge in [-0.3, -0.25) is 9.69 Å². The molecule has 4 heteroatoms. The third-order valence-corrected chi connectivity index (χ3v) is 2.98. The molecule has 4 nitrogen and oxygen atoms in total. The van der Waals surface area contributed by atoms with Crippen LogP contribution in [-0.2, 0) is 9.53 Å². The number of ether oxygens (including phenoxy) is 1. The molecule has 0 saturated carbocycles. The number of carbonyl (C=O) groups is 1. The Labute approximate surface area is 100 Å². The van der Waals surface area contributed by atoms with Crippen LogP contribution < -0.4 is 0 Å². The molecule has 0 radical (unpaired) electrons. The van der Waals surface area contributed by atoms with Crippen LogP contribution in [-0.4, -0.2) is 30.1 Å². The standard InChI is InChI=1S/C13H14N2O2/c1-10(7-14)15-8-13(16)17-9-12(15)11-5-3-2-4-6-11/h2-6,10,12H,8-9H2,1H3/t10-,12-/m1/s1. The molecule has 0 spiro atoms. The van der Waals surface area contributed by atoms with Gasteiger partial charge >= 0.3 is 5.97 Å². The van der Waals surface area contributed by atoms with Gasteiger partial charge in [-0.05, 0) is 12.5 Å². The van der Waals surface area contributed by atoms with Crippen molar-refractivity contribution in [2.75, 3.05) is 13.2 Å². The van der Waals surface area contributed by atoms with Crippen molar-refractivity contribution >= 4 is 5.97 Å². The lowest BCUT2D eigenvalue weighted by atomic mass is 10.0. The molecule has 1 heterocycles. The van der Waals surface area contributed by atoms with Crippen LogP contribution in [0.15, 0.2) is 30.3 Å². The third kappa shape index (κ3) is 2.45. The average molecular weight is 230 g/mol. The Morgan fingerprint density at radius 3 is 2.82 bits per heavy atom. The van der Waals surface area contributed by atoms with E-state index >= 15 is 0 Å². The highest BCUT2D eigenvalue weighted by atomic mass is 16.5. The molecule has 0 unspecified atom stereocenters. The van der Waals surface area contributed by atoms with Gasteiger partial charge in [0.25, 0.3) is 0 Å². The van der Waals surface area contributed by atoms with E-state index in [9.17, 15) is 4.79 Å². The van der Waals surface area contributed by atoms with Gasteiger partial charge in [0.05, 0.1) is 24.7 Å². The van der Waals surface area contributed by atoms with Gasteiger partial charge in [-0.15, -0.1) is 0 Å². The van der Waals surface area contributed by atoms with Crippen LogP contribution in [0.5, 0.6) is 0 Å². The summed E-state index contributed by atoms with van der Waals surface area (Å²) in [5.74, 6) is -0.265. The quantitative estimate of drug-likeness (QED) is 0.722. The molecular formula is C13H14N2O2. The van der Waals surface area contributed by atoms with Gasteiger partial charge in [0.15, 0.2) is 0 Å². The van der Waals surface area contributed by atoms with Crippen LogP contribution in [0.4, 0.5) is 0 Å². The molecular weight excluding hydrogens is 216 g/mol. The predicted octanol–water partition coefficient (Wildman–Crippen LogP) is 1.50. The van der Waals surface area contributed by atoms with Crippen LogP contribution in [0, 0.1) is 11.3 Å². The van der Waals surface area contributed by atoms with E-state index in [0.29, 0.717) is 6.61 Å². The largest absolute Gasteiger partial charge is 0.463 e. The second-order valence-electron chi connectivity index (χ2n) is 4.09. The molecule has 0 aromatic heterocycles. The van der Waals surface area contributed by atoms with E-state index in [0.717, 1.165) is 5.56 Å². The van der Waals surface area contributed by atoms with Gasteiger partial charge in [-0.25, -0.2) is 0 Å². The maximum atomic E-state index is 11.3. The molecule has 2 rings (SSSR count). The van der Waals surface area contributed by atoms with Crippen LogP contribution >= 0.6 is 0 Å². The Hall–Kier alpha value is -1.86. The van der Waals surface area contributed by atoms with E-state index in [2.05, 4.69) is 6.07 Å². The SMILES string of the molecule is C[C@H](C#N)N1CC(=O)OC[C@@H]1c1ccccc1. The Bertz CT molecular complexity index is 438. The van der Waals surface area contributed by atoms with Gasteiger partial charge < -0.3 is 4.74 Å². The van der Waals surface area contributed by atoms with E-state index < -0.39 is 0 Å². The Morgan fingerprint density at radius 2 is 2.18 bits per heavy atom. The minimum atomic E-state index is -0.298. The Morgan fingerprint density at radius 1 is 1.47 bits per heavy atom. The number of benzene rings is 1. The molecule has 1 saturated heterocycles. The summed E-state index contributed by atoms with van der Waals surface area (Å²) < 4.78 is 5.08. The molecule has 0 N–H and O–H groups in total. The fourth-order valence-electron chi connectivity index (χ4n) is 2.02. The molecule has 2 atom stereocenters. The lowest BCUT2D eigenvalue weighted by molar-refractivity contribution is -0.155. The third-order valence-electron chi connectivity index (χ3n) is 2.98. The Balaban J connectivity index is 2.25. The van der Waals surface area contributed by atoms with Crippen LogP contribution in [0.2, 0.25) is 0 Å². The fourth-order valence-corrected chi connectivity index (χ4v) is 2.02. The van der Waals surface area contributed by atoms with Gasteiger partial charge in [-0.2, -0.15) is 5.26 Å². The van der Waals surface area contributed by atoms with Crippen molar-refractivity contribution in [2.45, 2.75) is 19.0 Å². The van der Waals surface area contributed by atoms with E-state index in [-0.39, 0.29) is 24.6 Å². The highest BCUT2D eigenvalue weighted by Crippen LogP contribution is 2.26. The molecule has 0 aliphatic carbocycles. The highest BCUT2D eigenvalue weighted by Gasteiger charge is 2.32. The number of cyclic esters (lactones) is 1. The second-order valence-corrected chi connectivity index (χ2v) is 4.09. The smallest absolute Gasteiger partial charge is 0.320 e. The van der Waals surface area contributed by atoms with Crippen molar-refractivity contribution in [3.05, 3.63) is 35.9 Å². The summed E-state index contributed by atoms with van der Waals surface area (Å²) in [4.78, 5) is 13.2. The lowest BCUT2D eigenvalue weighted by Crippen LogP contribution is -2.46. The first-order valence-corrected chi connectivity index (χ1v) is 5.58. The summed E-state index contributed by atoms with van der Waals surface area (Å²) in [6.07, 6.45) is 0. The first-order chi connectivity index (χ1) is 8.22. The summed E-state index contributed by atoms with van der Waals surface area (Å²) in [6, 6.07) is 11.7. The number of esters is 1. The summed E-state index contributed by atoms with van der Waals surface area (Å²) in [7, 11) is 0. The molecule has 0 amide bonds. The van der Waals surface area contributed by atoms with Gasteiger partial charge in [-0.1, -0.05) is 30.3 Å². The van der Waals surface area contributed by atoms with Crippen molar-refractivity contribution < 1.29 is 9.53 Å². The highest BCUT2D eigenvalue weighted by molar-refractivity contribution is 5.72. The topological polar surface area (TPSA) is 53.3 Å². The predicted molar refractivity (Wildman–Crippen MR) is 61.9 cm³/mol. The van der Waals surface area contributed by atoms with Crippen LogP contribution in [0.25, 0.3) is 0 Å². The molecule has 0 bridgehead atoms. The van der Waals surface area contributed by atoms with Gasteiger partial charge in [0, 0.05) is 0 Å². The molecule has 1 aromatic carbocycles. The van der Waals surface area contributed by atoms with Crippen molar-refractivity contribution in [2.24, 2.45) is 0 Å². The van der Waals surface area contributed by atoms with Crippen molar-refractivity contribution in [3.8, 4) is 6.07 Å². The summed E-state index contributed by atoms with van der Waals surface area (Å²) >= 11 is 0. The van der Waals surface area contributed by atoms with E-state index in [1.807, 2.05) is 35.2 Å². The van der Waals surface area contributed by atoms with Crippen LogP contribution in [0.3, 0.4) is 0 Å². The molecule has 1 aromatic rings. The molecule has 1 aliphatic rings. The first-order valence-electron chi connectivity index (χ1n) is 5.58. The average Bonchev–Trinajstić information content (AvgIpc) is 2.38. The number of nitrogens with zero attached hydrogens (tertiary/aromatic N) is 2. The summed E-state index contributed by atoms with van der Waals surface area (Å²) in [5.41, 5.74) is 1.07. The summed E-state index contributed by atoms with van der Waals surface area (Å²) in [5, 5.41) is 8.99. The molecule has 1 aliphatic heterocycles. The molecule has 17 heavy (non-hydrogen) atoms. The zero-order valence-electron chi connectivity index (χ0n) is 9.67. The molecule has 88 valence electrons. The number of hydrogen-bond acceptors (Lipinski definition) is 4.